The largest absolute Gasteiger partial charge is 0.495 e. The summed E-state index contributed by atoms with van der Waals surface area (Å²) in [6, 6.07) is 4.88. The third-order valence-electron chi connectivity index (χ3n) is 4.48. The number of ether oxygens (including phenoxy) is 1. The van der Waals surface area contributed by atoms with E-state index in [0.29, 0.717) is 11.6 Å². The number of methoxy groups -OCH3 is 1. The van der Waals surface area contributed by atoms with Gasteiger partial charge in [0.2, 0.25) is 10.0 Å². The molecular formula is C18H27ClN2O5S. The number of nitrogens with one attached hydrogen (secondary N) is 1. The molecule has 2 rings (SSSR count). The Bertz CT molecular complexity index is 772. The third-order valence-corrected chi connectivity index (χ3v) is 6.02. The minimum Gasteiger partial charge on any atom is -0.495 e. The van der Waals surface area contributed by atoms with E-state index in [1.54, 1.807) is 6.07 Å². The summed E-state index contributed by atoms with van der Waals surface area (Å²) in [5, 5.41) is 8.74. The molecule has 152 valence electrons. The molecule has 0 aliphatic carbocycles. The number of benzene rings is 1. The van der Waals surface area contributed by atoms with E-state index < -0.39 is 16.0 Å². The maximum Gasteiger partial charge on any atom is 0.328 e. The Morgan fingerprint density at radius 2 is 1.96 bits per heavy atom. The van der Waals surface area contributed by atoms with Crippen LogP contribution in [-0.4, -0.2) is 56.7 Å². The highest BCUT2D eigenvalue weighted by Crippen LogP contribution is 2.26. The van der Waals surface area contributed by atoms with E-state index in [0.717, 1.165) is 32.0 Å². The number of piperidine rings is 1. The molecule has 1 aliphatic heterocycles. The summed E-state index contributed by atoms with van der Waals surface area (Å²) in [5.74, 6) is -0.871. The number of aliphatic carboxylic acids is 1. The molecule has 7 nitrogen and oxygen atoms in total. The van der Waals surface area contributed by atoms with Gasteiger partial charge in [0.05, 0.1) is 7.11 Å². The molecule has 0 aromatic heterocycles. The van der Waals surface area contributed by atoms with Gasteiger partial charge in [-0.15, -0.1) is 12.4 Å². The maximum atomic E-state index is 12.8. The van der Waals surface area contributed by atoms with Crippen LogP contribution in [0.4, 0.5) is 0 Å². The van der Waals surface area contributed by atoms with Crippen molar-refractivity contribution in [2.45, 2.75) is 43.7 Å². The van der Waals surface area contributed by atoms with Crippen LogP contribution in [0, 0.1) is 0 Å². The van der Waals surface area contributed by atoms with E-state index >= 15 is 0 Å². The van der Waals surface area contributed by atoms with Crippen LogP contribution in [0.5, 0.6) is 5.75 Å². The molecule has 27 heavy (non-hydrogen) atoms. The van der Waals surface area contributed by atoms with Gasteiger partial charge in [0, 0.05) is 18.2 Å². The van der Waals surface area contributed by atoms with Crippen LogP contribution >= 0.6 is 12.4 Å². The second-order valence-electron chi connectivity index (χ2n) is 6.61. The quantitative estimate of drug-likeness (QED) is 0.660. The van der Waals surface area contributed by atoms with Crippen molar-refractivity contribution in [3.8, 4) is 5.75 Å². The fraction of sp³-hybridized carbons (Fsp3) is 0.500. The Labute approximate surface area is 166 Å². The van der Waals surface area contributed by atoms with Crippen molar-refractivity contribution < 1.29 is 23.1 Å². The SMILES string of the molecule is COc1ccc(/C=C/C(=O)O)cc1S(=O)(=O)NC1CCN(C(C)C)CC1.Cl. The van der Waals surface area contributed by atoms with E-state index in [-0.39, 0.29) is 29.1 Å². The molecule has 9 heteroatoms. The number of carbonyl (C=O) groups is 1. The lowest BCUT2D eigenvalue weighted by atomic mass is 10.1. The van der Waals surface area contributed by atoms with Crippen LogP contribution in [0.15, 0.2) is 29.2 Å². The number of likely N-dealkylation sites (tertiary alicyclic amines) is 1. The summed E-state index contributed by atoms with van der Waals surface area (Å²) in [4.78, 5) is 13.0. The van der Waals surface area contributed by atoms with Gasteiger partial charge in [-0.25, -0.2) is 17.9 Å². The molecule has 0 atom stereocenters. The predicted octanol–water partition coefficient (Wildman–Crippen LogP) is 2.37. The summed E-state index contributed by atoms with van der Waals surface area (Å²) in [6.07, 6.45) is 3.81. The zero-order valence-electron chi connectivity index (χ0n) is 15.7. The van der Waals surface area contributed by atoms with E-state index in [9.17, 15) is 13.2 Å². The van der Waals surface area contributed by atoms with Crippen molar-refractivity contribution in [3.63, 3.8) is 0 Å². The maximum absolute atomic E-state index is 12.8. The molecule has 1 saturated heterocycles. The summed E-state index contributed by atoms with van der Waals surface area (Å²) in [5.41, 5.74) is 0.475. The van der Waals surface area contributed by atoms with Crippen LogP contribution in [0.25, 0.3) is 6.08 Å². The van der Waals surface area contributed by atoms with Crippen molar-refractivity contribution in [3.05, 3.63) is 29.8 Å². The van der Waals surface area contributed by atoms with Gasteiger partial charge in [-0.2, -0.15) is 0 Å². The monoisotopic (exact) mass is 418 g/mol. The lowest BCUT2D eigenvalue weighted by Gasteiger charge is -2.34. The van der Waals surface area contributed by atoms with E-state index in [1.165, 1.54) is 25.3 Å². The average molecular weight is 419 g/mol. The first-order valence-electron chi connectivity index (χ1n) is 8.58. The van der Waals surface area contributed by atoms with Gasteiger partial charge in [0.15, 0.2) is 0 Å². The fourth-order valence-corrected chi connectivity index (χ4v) is 4.50. The molecule has 0 unspecified atom stereocenters. The van der Waals surface area contributed by atoms with Crippen LogP contribution in [0.2, 0.25) is 0 Å². The summed E-state index contributed by atoms with van der Waals surface area (Å²) >= 11 is 0. The zero-order valence-corrected chi connectivity index (χ0v) is 17.3. The number of sulfonamides is 1. The smallest absolute Gasteiger partial charge is 0.328 e. The van der Waals surface area contributed by atoms with Gasteiger partial charge in [-0.1, -0.05) is 6.07 Å². The summed E-state index contributed by atoms with van der Waals surface area (Å²) in [7, 11) is -2.37. The Balaban J connectivity index is 0.00000364. The second-order valence-corrected chi connectivity index (χ2v) is 8.29. The molecule has 0 radical (unpaired) electrons. The third kappa shape index (κ3) is 6.49. The Hall–Kier alpha value is -1.61. The number of hydrogen-bond acceptors (Lipinski definition) is 5. The number of rotatable bonds is 7. The molecule has 0 spiro atoms. The lowest BCUT2D eigenvalue weighted by Crippen LogP contribution is -2.46. The first kappa shape index (κ1) is 23.4. The molecule has 1 fully saturated rings. The molecule has 1 aromatic rings. The minimum atomic E-state index is -3.78. The number of nitrogens with zero attached hydrogens (tertiary/aromatic N) is 1. The highest BCUT2D eigenvalue weighted by atomic mass is 35.5. The van der Waals surface area contributed by atoms with Crippen molar-refractivity contribution in [2.24, 2.45) is 0 Å². The number of carboxylic acids is 1. The Kier molecular flexibility index (Phi) is 8.74. The lowest BCUT2D eigenvalue weighted by molar-refractivity contribution is -0.131. The van der Waals surface area contributed by atoms with Crippen molar-refractivity contribution >= 4 is 34.5 Å². The highest BCUT2D eigenvalue weighted by molar-refractivity contribution is 7.89. The number of halogens is 1. The van der Waals surface area contributed by atoms with Gasteiger partial charge in [-0.05, 0) is 63.6 Å². The second kappa shape index (κ2) is 10.1. The topological polar surface area (TPSA) is 95.9 Å². The first-order valence-corrected chi connectivity index (χ1v) is 10.1. The van der Waals surface area contributed by atoms with Gasteiger partial charge in [0.1, 0.15) is 10.6 Å². The Morgan fingerprint density at radius 1 is 1.33 bits per heavy atom. The average Bonchev–Trinajstić information content (AvgIpc) is 2.59. The van der Waals surface area contributed by atoms with E-state index in [1.807, 2.05) is 0 Å². The molecule has 0 saturated carbocycles. The van der Waals surface area contributed by atoms with Crippen molar-refractivity contribution in [2.75, 3.05) is 20.2 Å². The molecule has 0 bridgehead atoms. The molecule has 2 N–H and O–H groups in total. The van der Waals surface area contributed by atoms with Crippen molar-refractivity contribution in [1.82, 2.24) is 9.62 Å². The first-order chi connectivity index (χ1) is 12.2. The van der Waals surface area contributed by atoms with Gasteiger partial charge < -0.3 is 14.7 Å². The van der Waals surface area contributed by atoms with Crippen LogP contribution in [0.1, 0.15) is 32.3 Å². The van der Waals surface area contributed by atoms with Gasteiger partial charge in [-0.3, -0.25) is 0 Å². The summed E-state index contributed by atoms with van der Waals surface area (Å²) in [6.45, 7) is 5.96. The van der Waals surface area contributed by atoms with Crippen LogP contribution in [0.3, 0.4) is 0 Å². The highest BCUT2D eigenvalue weighted by Gasteiger charge is 2.27. The number of carboxylic acid groups (broad SMARTS) is 1. The minimum absolute atomic E-state index is 0. The van der Waals surface area contributed by atoms with Crippen LogP contribution in [-0.2, 0) is 14.8 Å². The molecule has 0 amide bonds. The predicted molar refractivity (Wildman–Crippen MR) is 107 cm³/mol. The Morgan fingerprint density at radius 3 is 2.48 bits per heavy atom. The molecule has 1 heterocycles. The standard InChI is InChI=1S/C18H26N2O5S.ClH/c1-13(2)20-10-8-15(9-11-20)19-26(23,24)17-12-14(5-7-18(21)22)4-6-16(17)25-3;/h4-7,12-13,15,19H,8-11H2,1-3H3,(H,21,22);1H/b7-5+;. The molecule has 1 aliphatic rings. The van der Waals surface area contributed by atoms with E-state index in [4.69, 9.17) is 9.84 Å². The molecule has 1 aromatic carbocycles. The van der Waals surface area contributed by atoms with Gasteiger partial charge in [0.25, 0.3) is 0 Å². The van der Waals surface area contributed by atoms with Crippen LogP contribution < -0.4 is 9.46 Å². The number of hydrogen-bond donors (Lipinski definition) is 2. The normalized spacial score (nSPS) is 16.4. The zero-order chi connectivity index (χ0) is 19.3. The molecular weight excluding hydrogens is 392 g/mol. The van der Waals surface area contributed by atoms with Gasteiger partial charge >= 0.3 is 5.97 Å². The fourth-order valence-electron chi connectivity index (χ4n) is 2.99. The van der Waals surface area contributed by atoms with E-state index in [2.05, 4.69) is 23.5 Å². The van der Waals surface area contributed by atoms with Crippen molar-refractivity contribution in [1.29, 1.82) is 0 Å². The summed E-state index contributed by atoms with van der Waals surface area (Å²) < 4.78 is 33.6.